The molecular weight excluding hydrogens is 560 g/mol. The van der Waals surface area contributed by atoms with E-state index < -0.39 is 41.8 Å². The minimum Gasteiger partial charge on any atom is -0.449 e. The number of Topliss-reactive ketones (excluding diaryl/α,β-unsaturated/α-hetero) is 1. The van der Waals surface area contributed by atoms with Gasteiger partial charge in [0.05, 0.1) is 12.6 Å². The maximum Gasteiger partial charge on any atom is 0.407 e. The molecule has 4 amide bonds. The molecule has 0 aromatic heterocycles. The van der Waals surface area contributed by atoms with E-state index in [2.05, 4.69) is 43.0 Å². The molecular formula is C34H44N4O6. The van der Waals surface area contributed by atoms with Gasteiger partial charge in [0, 0.05) is 13.1 Å². The molecule has 1 unspecified atom stereocenters. The van der Waals surface area contributed by atoms with Crippen molar-refractivity contribution in [3.8, 4) is 0 Å². The monoisotopic (exact) mass is 604 g/mol. The number of hydrogen-bond donors (Lipinski definition) is 3. The zero-order valence-corrected chi connectivity index (χ0v) is 25.7. The molecule has 2 saturated carbocycles. The maximum atomic E-state index is 14.4. The van der Waals surface area contributed by atoms with E-state index in [0.29, 0.717) is 38.3 Å². The Kier molecular flexibility index (Phi) is 9.27. The van der Waals surface area contributed by atoms with Crippen LogP contribution in [0.15, 0.2) is 49.6 Å². The van der Waals surface area contributed by atoms with Crippen LogP contribution in [0.3, 0.4) is 0 Å². The fourth-order valence-electron chi connectivity index (χ4n) is 7.07. The second kappa shape index (κ2) is 13.0. The molecule has 0 spiro atoms. The average Bonchev–Trinajstić information content (AvgIpc) is 3.78. The second-order valence-corrected chi connectivity index (χ2v) is 13.3. The number of carbonyl (C=O) groups is 5. The Morgan fingerprint density at radius 2 is 1.73 bits per heavy atom. The molecule has 4 aliphatic rings. The minimum atomic E-state index is -1.07. The Hall–Kier alpha value is -3.95. The van der Waals surface area contributed by atoms with Crippen molar-refractivity contribution in [2.45, 2.75) is 70.5 Å². The van der Waals surface area contributed by atoms with Crippen molar-refractivity contribution in [3.05, 3.63) is 60.7 Å². The predicted molar refractivity (Wildman–Crippen MR) is 164 cm³/mol. The molecule has 1 aromatic rings. The van der Waals surface area contributed by atoms with Gasteiger partial charge in [-0.2, -0.15) is 0 Å². The van der Waals surface area contributed by atoms with E-state index in [4.69, 9.17) is 4.74 Å². The molecule has 3 N–H and O–H groups in total. The summed E-state index contributed by atoms with van der Waals surface area (Å²) in [6.07, 6.45) is 6.38. The minimum absolute atomic E-state index is 0.101. The number of likely N-dealkylation sites (tertiary alicyclic amines) is 1. The number of hydrogen-bond acceptors (Lipinski definition) is 6. The van der Waals surface area contributed by atoms with Crippen molar-refractivity contribution in [1.29, 1.82) is 0 Å². The Balaban J connectivity index is 1.36. The summed E-state index contributed by atoms with van der Waals surface area (Å²) < 4.78 is 5.46. The van der Waals surface area contributed by atoms with Crippen LogP contribution in [0.4, 0.5) is 4.79 Å². The molecule has 0 radical (unpaired) electrons. The van der Waals surface area contributed by atoms with Gasteiger partial charge in [0.25, 0.3) is 5.91 Å². The lowest BCUT2D eigenvalue weighted by Gasteiger charge is -2.35. The predicted octanol–water partition coefficient (Wildman–Crippen LogP) is 2.71. The number of carbonyl (C=O) groups excluding carboxylic acids is 5. The number of allylic oxidation sites excluding steroid dienone is 1. The number of nitrogens with one attached hydrogen (secondary N) is 3. The fourth-order valence-corrected chi connectivity index (χ4v) is 7.07. The van der Waals surface area contributed by atoms with Crippen LogP contribution < -0.4 is 16.0 Å². The third-order valence-electron chi connectivity index (χ3n) is 9.92. The molecule has 1 aliphatic heterocycles. The summed E-state index contributed by atoms with van der Waals surface area (Å²) in [5, 5.41) is 8.16. The van der Waals surface area contributed by atoms with Crippen LogP contribution in [-0.4, -0.2) is 72.3 Å². The van der Waals surface area contributed by atoms with Crippen molar-refractivity contribution >= 4 is 29.6 Å². The van der Waals surface area contributed by atoms with Crippen molar-refractivity contribution in [1.82, 2.24) is 20.9 Å². The number of ether oxygens (including phenoxy) is 1. The Morgan fingerprint density at radius 3 is 2.34 bits per heavy atom. The SMILES string of the molecule is C=CCCC(NC(=O)[C@@H]1[C@H]2[C@@H](CN1C(=O)[C@@H](NC(=O)OCC1CC1)C1Cc3ccccc3C1)C2(C)C)C(=O)C(=O)NCC=C. The lowest BCUT2D eigenvalue weighted by atomic mass is 9.93. The number of ketones is 1. The molecule has 1 aromatic carbocycles. The molecule has 236 valence electrons. The van der Waals surface area contributed by atoms with Gasteiger partial charge in [-0.25, -0.2) is 4.79 Å². The summed E-state index contributed by atoms with van der Waals surface area (Å²) >= 11 is 0. The average molecular weight is 605 g/mol. The highest BCUT2D eigenvalue weighted by Gasteiger charge is 2.69. The Labute approximate surface area is 259 Å². The number of alkyl carbamates (subject to hydrolysis) is 1. The van der Waals surface area contributed by atoms with Crippen molar-refractivity contribution in [2.75, 3.05) is 19.7 Å². The molecule has 10 heteroatoms. The third-order valence-corrected chi connectivity index (χ3v) is 9.92. The lowest BCUT2D eigenvalue weighted by molar-refractivity contribution is -0.144. The van der Waals surface area contributed by atoms with Gasteiger partial charge in [-0.15, -0.1) is 13.2 Å². The van der Waals surface area contributed by atoms with Crippen LogP contribution in [0.1, 0.15) is 50.7 Å². The zero-order chi connectivity index (χ0) is 31.6. The van der Waals surface area contributed by atoms with Crippen molar-refractivity contribution in [2.24, 2.45) is 29.1 Å². The number of rotatable bonds is 14. The highest BCUT2D eigenvalue weighted by Crippen LogP contribution is 2.65. The van der Waals surface area contributed by atoms with E-state index in [1.54, 1.807) is 11.0 Å². The van der Waals surface area contributed by atoms with E-state index >= 15 is 0 Å². The van der Waals surface area contributed by atoms with Crippen LogP contribution in [0.2, 0.25) is 0 Å². The summed E-state index contributed by atoms with van der Waals surface area (Å²) in [5.41, 5.74) is 2.11. The van der Waals surface area contributed by atoms with Gasteiger partial charge in [0.15, 0.2) is 0 Å². The summed E-state index contributed by atoms with van der Waals surface area (Å²) in [5.74, 6) is -2.20. The van der Waals surface area contributed by atoms with Crippen molar-refractivity contribution < 1.29 is 28.7 Å². The number of fused-ring (bicyclic) bond motifs is 2. The molecule has 1 heterocycles. The number of piperidine rings is 1. The molecule has 3 fully saturated rings. The maximum absolute atomic E-state index is 14.4. The number of amides is 4. The summed E-state index contributed by atoms with van der Waals surface area (Å²) in [7, 11) is 0. The van der Waals surface area contributed by atoms with E-state index in [1.807, 2.05) is 24.3 Å². The summed E-state index contributed by atoms with van der Waals surface area (Å²) in [4.78, 5) is 68.4. The molecule has 5 atom stereocenters. The largest absolute Gasteiger partial charge is 0.449 e. The van der Waals surface area contributed by atoms with E-state index in [9.17, 15) is 24.0 Å². The van der Waals surface area contributed by atoms with E-state index in [0.717, 1.165) is 24.0 Å². The smallest absolute Gasteiger partial charge is 0.407 e. The molecule has 1 saturated heterocycles. The van der Waals surface area contributed by atoms with Crippen LogP contribution in [-0.2, 0) is 36.8 Å². The highest BCUT2D eigenvalue weighted by atomic mass is 16.5. The first kappa shape index (κ1) is 31.5. The van der Waals surface area contributed by atoms with Crippen LogP contribution in [0, 0.1) is 29.1 Å². The summed E-state index contributed by atoms with van der Waals surface area (Å²) in [6, 6.07) is 5.22. The Morgan fingerprint density at radius 1 is 1.05 bits per heavy atom. The van der Waals surface area contributed by atoms with Crippen LogP contribution in [0.5, 0.6) is 0 Å². The second-order valence-electron chi connectivity index (χ2n) is 13.3. The zero-order valence-electron chi connectivity index (χ0n) is 25.7. The first-order valence-electron chi connectivity index (χ1n) is 15.7. The standard InChI is InChI=1S/C34H44N4O6/c1-5-7-12-25(29(39)31(41)35-15-6-2)36-30(40)28-26-24(34(26,3)4)18-38(28)32(42)27(37-33(43)44-19-20-13-14-20)23-16-21-10-8-9-11-22(21)17-23/h5-6,8-11,20,23-28H,1-2,7,12-19H2,3-4H3,(H,35,41)(H,36,40)(H,37,43)/t24-,25?,26-,27+,28+/m1/s1. The topological polar surface area (TPSA) is 134 Å². The van der Waals surface area contributed by atoms with Crippen molar-refractivity contribution in [3.63, 3.8) is 0 Å². The van der Waals surface area contributed by atoms with Gasteiger partial charge >= 0.3 is 6.09 Å². The van der Waals surface area contributed by atoms with Gasteiger partial charge < -0.3 is 25.6 Å². The van der Waals surface area contributed by atoms with Gasteiger partial charge in [-0.05, 0) is 78.7 Å². The van der Waals surface area contributed by atoms with Gasteiger partial charge in [0.2, 0.25) is 17.6 Å². The van der Waals surface area contributed by atoms with Gasteiger partial charge in [0.1, 0.15) is 12.1 Å². The van der Waals surface area contributed by atoms with Crippen LogP contribution in [0.25, 0.3) is 0 Å². The first-order chi connectivity index (χ1) is 21.1. The number of nitrogens with zero attached hydrogens (tertiary/aromatic N) is 1. The quantitative estimate of drug-likeness (QED) is 0.221. The number of benzene rings is 1. The molecule has 10 nitrogen and oxygen atoms in total. The molecule has 3 aliphatic carbocycles. The third kappa shape index (κ3) is 6.59. The normalized spacial score (nSPS) is 24.2. The Bertz CT molecular complexity index is 1310. The molecule has 44 heavy (non-hydrogen) atoms. The lowest BCUT2D eigenvalue weighted by Crippen LogP contribution is -2.59. The van der Waals surface area contributed by atoms with Gasteiger partial charge in [-0.3, -0.25) is 19.2 Å². The first-order valence-corrected chi connectivity index (χ1v) is 15.7. The van der Waals surface area contributed by atoms with E-state index in [-0.39, 0.29) is 42.0 Å². The highest BCUT2D eigenvalue weighted by molar-refractivity contribution is 6.38. The summed E-state index contributed by atoms with van der Waals surface area (Å²) in [6.45, 7) is 12.2. The molecule has 0 bridgehead atoms. The molecule has 5 rings (SSSR count). The van der Waals surface area contributed by atoms with Gasteiger partial charge in [-0.1, -0.05) is 50.3 Å². The van der Waals surface area contributed by atoms with Crippen LogP contribution >= 0.6 is 0 Å². The fraction of sp³-hybridized carbons (Fsp3) is 0.559. The van der Waals surface area contributed by atoms with E-state index in [1.165, 1.54) is 6.08 Å².